The quantitative estimate of drug-likeness (QED) is 0.228. The Morgan fingerprint density at radius 2 is 1.23 bits per heavy atom. The van der Waals surface area contributed by atoms with Crippen molar-refractivity contribution in [3.05, 3.63) is 185 Å². The highest BCUT2D eigenvalue weighted by Gasteiger charge is 2.55. The lowest BCUT2D eigenvalue weighted by atomic mass is 9.73. The molecule has 2 aliphatic carbocycles. The zero-order valence-corrected chi connectivity index (χ0v) is 23.8. The van der Waals surface area contributed by atoms with Gasteiger partial charge in [0.15, 0.2) is 0 Å². The number of aliphatic imine (C=N–C) groups is 1. The molecule has 10 rings (SSSR count). The molecule has 0 bridgehead atoms. The molecule has 1 N–H and O–H groups in total. The van der Waals surface area contributed by atoms with E-state index in [9.17, 15) is 0 Å². The van der Waals surface area contributed by atoms with Crippen molar-refractivity contribution < 1.29 is 4.42 Å². The largest absolute Gasteiger partial charge is 0.459 e. The van der Waals surface area contributed by atoms with E-state index in [1.54, 1.807) is 0 Å². The zero-order valence-electron chi connectivity index (χ0n) is 23.8. The van der Waals surface area contributed by atoms with Gasteiger partial charge in [-0.1, -0.05) is 127 Å². The molecule has 2 heterocycles. The predicted molar refractivity (Wildman–Crippen MR) is 177 cm³/mol. The van der Waals surface area contributed by atoms with Crippen LogP contribution in [-0.4, -0.2) is 5.71 Å². The van der Waals surface area contributed by atoms with Gasteiger partial charge in [0.05, 0.1) is 5.71 Å². The summed E-state index contributed by atoms with van der Waals surface area (Å²) < 4.78 is 6.91. The molecule has 1 aromatic heterocycles. The summed E-state index contributed by atoms with van der Waals surface area (Å²) >= 11 is 0. The Bertz CT molecular complexity index is 2280. The van der Waals surface area contributed by atoms with Crippen LogP contribution < -0.4 is 5.32 Å². The smallest absolute Gasteiger partial charge is 0.145 e. The molecule has 3 aliphatic rings. The van der Waals surface area contributed by atoms with Gasteiger partial charge in [0.25, 0.3) is 0 Å². The number of hydrogen-bond acceptors (Lipinski definition) is 3. The summed E-state index contributed by atoms with van der Waals surface area (Å²) in [6.07, 6.45) is -0.238. The Labute approximate surface area is 255 Å². The van der Waals surface area contributed by atoms with Gasteiger partial charge in [-0.15, -0.1) is 0 Å². The lowest BCUT2D eigenvalue weighted by Gasteiger charge is -2.30. The summed E-state index contributed by atoms with van der Waals surface area (Å²) in [6, 6.07) is 52.0. The van der Waals surface area contributed by atoms with E-state index < -0.39 is 5.41 Å². The first-order valence-corrected chi connectivity index (χ1v) is 15.2. The number of fused-ring (bicyclic) bond motifs is 13. The monoisotopic (exact) mass is 562 g/mol. The number of para-hydroxylation sites is 2. The molecule has 206 valence electrons. The van der Waals surface area contributed by atoms with E-state index in [2.05, 4.69) is 151 Å². The molecule has 1 spiro atoms. The third-order valence-corrected chi connectivity index (χ3v) is 9.70. The topological polar surface area (TPSA) is 37.5 Å². The summed E-state index contributed by atoms with van der Waals surface area (Å²) in [5.74, 6) is 1.01. The number of furan rings is 1. The van der Waals surface area contributed by atoms with Crippen molar-refractivity contribution in [2.45, 2.75) is 11.6 Å². The second-order valence-corrected chi connectivity index (χ2v) is 11.9. The predicted octanol–water partition coefficient (Wildman–Crippen LogP) is 9.74. The van der Waals surface area contributed by atoms with Crippen molar-refractivity contribution in [1.82, 2.24) is 0 Å². The number of hydrogen-bond donors (Lipinski definition) is 1. The number of nitrogens with one attached hydrogen (secondary N) is 1. The van der Waals surface area contributed by atoms with Gasteiger partial charge in [0, 0.05) is 27.8 Å². The van der Waals surface area contributed by atoms with Crippen molar-refractivity contribution in [3.8, 4) is 22.3 Å². The first-order chi connectivity index (χ1) is 21.8. The van der Waals surface area contributed by atoms with Crippen LogP contribution in [0.3, 0.4) is 0 Å². The normalized spacial score (nSPS) is 16.5. The van der Waals surface area contributed by atoms with Gasteiger partial charge >= 0.3 is 0 Å². The Kier molecular flexibility index (Phi) is 4.71. The third-order valence-electron chi connectivity index (χ3n) is 9.70. The molecule has 1 unspecified atom stereocenters. The lowest BCUT2D eigenvalue weighted by molar-refractivity contribution is 0.506. The van der Waals surface area contributed by atoms with E-state index in [1.807, 2.05) is 0 Å². The average molecular weight is 563 g/mol. The Balaban J connectivity index is 1.25. The van der Waals surface area contributed by atoms with Crippen molar-refractivity contribution in [3.63, 3.8) is 0 Å². The molecule has 0 saturated carbocycles. The SMILES string of the molecule is c1ccc(C2=NC(c3ccc4c(c3)C3(c5ccccc5-c5ccccc53)c3oc5ccccc5c3-4)Nc3ccccc32)cc1. The van der Waals surface area contributed by atoms with Crippen LogP contribution in [0.1, 0.15) is 45.3 Å². The molecule has 3 heteroatoms. The molecule has 3 nitrogen and oxygen atoms in total. The van der Waals surface area contributed by atoms with E-state index in [0.717, 1.165) is 44.8 Å². The highest BCUT2D eigenvalue weighted by molar-refractivity contribution is 6.17. The molecule has 1 atom stereocenters. The van der Waals surface area contributed by atoms with Gasteiger partial charge in [0.1, 0.15) is 22.9 Å². The molecular formula is C41H26N2O. The number of anilines is 1. The van der Waals surface area contributed by atoms with E-state index in [4.69, 9.17) is 9.41 Å². The zero-order chi connectivity index (χ0) is 28.8. The van der Waals surface area contributed by atoms with Crippen LogP contribution in [0.25, 0.3) is 33.2 Å². The summed E-state index contributed by atoms with van der Waals surface area (Å²) in [4.78, 5) is 5.36. The first kappa shape index (κ1) is 23.8. The van der Waals surface area contributed by atoms with Crippen LogP contribution in [0.15, 0.2) is 155 Å². The molecule has 0 saturated heterocycles. The maximum atomic E-state index is 6.91. The summed E-state index contributed by atoms with van der Waals surface area (Å²) in [6.45, 7) is 0. The van der Waals surface area contributed by atoms with Gasteiger partial charge in [-0.05, 0) is 57.1 Å². The van der Waals surface area contributed by atoms with E-state index in [1.165, 1.54) is 38.9 Å². The van der Waals surface area contributed by atoms with Crippen molar-refractivity contribution in [1.29, 1.82) is 0 Å². The maximum Gasteiger partial charge on any atom is 0.145 e. The van der Waals surface area contributed by atoms with Crippen LogP contribution in [0.5, 0.6) is 0 Å². The van der Waals surface area contributed by atoms with Gasteiger partial charge in [-0.2, -0.15) is 0 Å². The summed E-state index contributed by atoms with van der Waals surface area (Å²) in [5.41, 5.74) is 14.6. The second kappa shape index (κ2) is 8.68. The Morgan fingerprint density at radius 3 is 2.02 bits per heavy atom. The molecule has 6 aromatic carbocycles. The Morgan fingerprint density at radius 1 is 0.568 bits per heavy atom. The van der Waals surface area contributed by atoms with Crippen LogP contribution in [0.4, 0.5) is 5.69 Å². The first-order valence-electron chi connectivity index (χ1n) is 15.2. The minimum atomic E-state index is -0.550. The van der Waals surface area contributed by atoms with Crippen LogP contribution in [0.2, 0.25) is 0 Å². The molecule has 0 amide bonds. The highest BCUT2D eigenvalue weighted by Crippen LogP contribution is 2.64. The molecular weight excluding hydrogens is 536 g/mol. The maximum absolute atomic E-state index is 6.91. The van der Waals surface area contributed by atoms with Crippen molar-refractivity contribution in [2.75, 3.05) is 5.32 Å². The van der Waals surface area contributed by atoms with Crippen molar-refractivity contribution in [2.24, 2.45) is 4.99 Å². The van der Waals surface area contributed by atoms with E-state index in [-0.39, 0.29) is 6.17 Å². The fourth-order valence-corrected chi connectivity index (χ4v) is 7.91. The minimum Gasteiger partial charge on any atom is -0.459 e. The highest BCUT2D eigenvalue weighted by atomic mass is 16.3. The average Bonchev–Trinajstić information content (AvgIpc) is 3.71. The van der Waals surface area contributed by atoms with Crippen LogP contribution in [0, 0.1) is 0 Å². The van der Waals surface area contributed by atoms with E-state index >= 15 is 0 Å². The van der Waals surface area contributed by atoms with Gasteiger partial charge in [-0.3, -0.25) is 4.99 Å². The second-order valence-electron chi connectivity index (χ2n) is 11.9. The number of rotatable bonds is 2. The van der Waals surface area contributed by atoms with Crippen LogP contribution >= 0.6 is 0 Å². The van der Waals surface area contributed by atoms with E-state index in [0.29, 0.717) is 0 Å². The lowest BCUT2D eigenvalue weighted by Crippen LogP contribution is -2.26. The molecule has 1 aliphatic heterocycles. The standard InChI is InChI=1S/C41H26N2O/c1-2-12-25(13-3-1)38-30-16-6-10-20-35(30)42-40(43-38)26-22-23-29-34(24-26)41(39-37(29)31-17-7-11-21-36(31)44-39)32-18-8-4-14-27(32)28-15-5-9-19-33(28)41/h1-24,40,42H. The van der Waals surface area contributed by atoms with Gasteiger partial charge in [-0.25, -0.2) is 0 Å². The minimum absolute atomic E-state index is 0.238. The fraction of sp³-hybridized carbons (Fsp3) is 0.0488. The van der Waals surface area contributed by atoms with Gasteiger partial charge in [0.2, 0.25) is 0 Å². The van der Waals surface area contributed by atoms with Crippen LogP contribution in [-0.2, 0) is 5.41 Å². The van der Waals surface area contributed by atoms with Gasteiger partial charge < -0.3 is 9.73 Å². The number of benzene rings is 6. The third kappa shape index (κ3) is 2.98. The summed E-state index contributed by atoms with van der Waals surface area (Å²) in [7, 11) is 0. The Hall–Kier alpha value is -5.67. The number of nitrogens with zero attached hydrogens (tertiary/aromatic N) is 1. The molecule has 0 radical (unpaired) electrons. The molecule has 44 heavy (non-hydrogen) atoms. The summed E-state index contributed by atoms with van der Waals surface area (Å²) in [5, 5.41) is 4.91. The molecule has 7 aromatic rings. The van der Waals surface area contributed by atoms with Crippen molar-refractivity contribution >= 4 is 22.4 Å². The molecule has 0 fully saturated rings. The fourth-order valence-electron chi connectivity index (χ4n) is 7.91.